The van der Waals surface area contributed by atoms with E-state index >= 15 is 0 Å². The smallest absolute Gasteiger partial charge is 0.308 e. The van der Waals surface area contributed by atoms with Crippen molar-refractivity contribution in [2.75, 3.05) is 6.61 Å². The quantitative estimate of drug-likeness (QED) is 0.489. The van der Waals surface area contributed by atoms with Gasteiger partial charge in [-0.2, -0.15) is 0 Å². The van der Waals surface area contributed by atoms with Gasteiger partial charge in [0.25, 0.3) is 0 Å². The summed E-state index contributed by atoms with van der Waals surface area (Å²) in [5, 5.41) is 0. The average Bonchev–Trinajstić information content (AvgIpc) is 2.27. The van der Waals surface area contributed by atoms with Gasteiger partial charge in [-0.1, -0.05) is 31.1 Å². The molecular formula is C15H26O2. The van der Waals surface area contributed by atoms with Crippen molar-refractivity contribution in [2.45, 2.75) is 53.9 Å². The van der Waals surface area contributed by atoms with Gasteiger partial charge in [0, 0.05) is 0 Å². The Bertz CT molecular complexity index is 283. The normalized spacial score (nSPS) is 13.1. The lowest BCUT2D eigenvalue weighted by Gasteiger charge is -2.07. The maximum atomic E-state index is 11.4. The molecule has 0 aromatic rings. The van der Waals surface area contributed by atoms with Gasteiger partial charge < -0.3 is 4.74 Å². The fourth-order valence-corrected chi connectivity index (χ4v) is 1.27. The fraction of sp³-hybridized carbons (Fsp3) is 0.667. The molecule has 1 atom stereocenters. The van der Waals surface area contributed by atoms with Gasteiger partial charge in [-0.25, -0.2) is 0 Å². The van der Waals surface area contributed by atoms with E-state index < -0.39 is 0 Å². The molecule has 0 aliphatic rings. The van der Waals surface area contributed by atoms with Crippen molar-refractivity contribution in [3.05, 3.63) is 23.3 Å². The number of carbonyl (C=O) groups is 1. The highest BCUT2D eigenvalue weighted by molar-refractivity contribution is 5.71. The highest BCUT2D eigenvalue weighted by Gasteiger charge is 2.10. The number of ether oxygens (including phenoxy) is 1. The van der Waals surface area contributed by atoms with Gasteiger partial charge in [0.2, 0.25) is 0 Å². The van der Waals surface area contributed by atoms with E-state index in [4.69, 9.17) is 4.74 Å². The topological polar surface area (TPSA) is 26.3 Å². The number of esters is 1. The van der Waals surface area contributed by atoms with Crippen LogP contribution in [0.25, 0.3) is 0 Å². The van der Waals surface area contributed by atoms with Gasteiger partial charge in [0.1, 0.15) is 6.61 Å². The summed E-state index contributed by atoms with van der Waals surface area (Å²) >= 11 is 0. The van der Waals surface area contributed by atoms with E-state index in [0.717, 1.165) is 19.3 Å². The van der Waals surface area contributed by atoms with Gasteiger partial charge in [-0.05, 0) is 46.1 Å². The first kappa shape index (κ1) is 16.0. The minimum atomic E-state index is -0.0964. The van der Waals surface area contributed by atoms with Crippen LogP contribution in [0.15, 0.2) is 23.3 Å². The van der Waals surface area contributed by atoms with Gasteiger partial charge in [0.05, 0.1) is 5.92 Å². The zero-order valence-corrected chi connectivity index (χ0v) is 11.9. The van der Waals surface area contributed by atoms with E-state index in [1.807, 2.05) is 19.9 Å². The van der Waals surface area contributed by atoms with Crippen LogP contribution in [0.2, 0.25) is 0 Å². The predicted octanol–water partition coefficient (Wildman–Crippen LogP) is 4.27. The average molecular weight is 238 g/mol. The Balaban J connectivity index is 3.84. The molecule has 0 aliphatic carbocycles. The second-order valence-electron chi connectivity index (χ2n) is 4.81. The van der Waals surface area contributed by atoms with Crippen molar-refractivity contribution in [1.29, 1.82) is 0 Å². The molecule has 0 fully saturated rings. The zero-order chi connectivity index (χ0) is 13.3. The molecule has 98 valence electrons. The van der Waals surface area contributed by atoms with Crippen molar-refractivity contribution < 1.29 is 9.53 Å². The summed E-state index contributed by atoms with van der Waals surface area (Å²) in [5.74, 6) is -0.0878. The van der Waals surface area contributed by atoms with Crippen molar-refractivity contribution in [1.82, 2.24) is 0 Å². The lowest BCUT2D eigenvalue weighted by molar-refractivity contribution is -0.146. The lowest BCUT2D eigenvalue weighted by Crippen LogP contribution is -2.13. The Morgan fingerprint density at radius 2 is 1.88 bits per heavy atom. The second-order valence-corrected chi connectivity index (χ2v) is 4.81. The summed E-state index contributed by atoms with van der Waals surface area (Å²) in [4.78, 5) is 11.4. The van der Waals surface area contributed by atoms with Crippen LogP contribution in [0.3, 0.4) is 0 Å². The molecule has 0 heterocycles. The largest absolute Gasteiger partial charge is 0.461 e. The Labute approximate surface area is 106 Å². The molecule has 0 saturated carbocycles. The highest BCUT2D eigenvalue weighted by Crippen LogP contribution is 2.07. The van der Waals surface area contributed by atoms with Crippen LogP contribution in [0.4, 0.5) is 0 Å². The minimum Gasteiger partial charge on any atom is -0.461 e. The summed E-state index contributed by atoms with van der Waals surface area (Å²) in [6.45, 7) is 10.6. The summed E-state index contributed by atoms with van der Waals surface area (Å²) in [7, 11) is 0. The Morgan fingerprint density at radius 1 is 1.24 bits per heavy atom. The van der Waals surface area contributed by atoms with Gasteiger partial charge in [0.15, 0.2) is 0 Å². The predicted molar refractivity (Wildman–Crippen MR) is 72.8 cm³/mol. The van der Waals surface area contributed by atoms with E-state index in [1.165, 1.54) is 11.1 Å². The first-order chi connectivity index (χ1) is 7.97. The molecule has 0 amide bonds. The van der Waals surface area contributed by atoms with Crippen LogP contribution in [0, 0.1) is 5.92 Å². The lowest BCUT2D eigenvalue weighted by atomic mass is 10.1. The van der Waals surface area contributed by atoms with Crippen molar-refractivity contribution in [2.24, 2.45) is 5.92 Å². The van der Waals surface area contributed by atoms with Crippen LogP contribution in [0.5, 0.6) is 0 Å². The second kappa shape index (κ2) is 9.03. The molecule has 0 aromatic carbocycles. The molecule has 0 bridgehead atoms. The van der Waals surface area contributed by atoms with Crippen LogP contribution >= 0.6 is 0 Å². The molecule has 0 unspecified atom stereocenters. The molecule has 0 spiro atoms. The number of rotatable bonds is 7. The molecule has 0 N–H and O–H groups in total. The van der Waals surface area contributed by atoms with Crippen molar-refractivity contribution >= 4 is 5.97 Å². The molecular weight excluding hydrogens is 212 g/mol. The molecule has 0 aromatic heterocycles. The molecule has 0 saturated heterocycles. The highest BCUT2D eigenvalue weighted by atomic mass is 16.5. The van der Waals surface area contributed by atoms with Crippen LogP contribution in [-0.4, -0.2) is 12.6 Å². The molecule has 2 heteroatoms. The third kappa shape index (κ3) is 8.73. The monoisotopic (exact) mass is 238 g/mol. The summed E-state index contributed by atoms with van der Waals surface area (Å²) in [6, 6.07) is 0. The Morgan fingerprint density at radius 3 is 2.41 bits per heavy atom. The van der Waals surface area contributed by atoms with Gasteiger partial charge in [-0.3, -0.25) is 4.79 Å². The Kier molecular flexibility index (Phi) is 8.47. The fourth-order valence-electron chi connectivity index (χ4n) is 1.27. The first-order valence-corrected chi connectivity index (χ1v) is 6.43. The van der Waals surface area contributed by atoms with E-state index in [-0.39, 0.29) is 11.9 Å². The summed E-state index contributed by atoms with van der Waals surface area (Å²) in [5.41, 5.74) is 2.63. The maximum absolute atomic E-state index is 11.4. The van der Waals surface area contributed by atoms with Crippen LogP contribution < -0.4 is 0 Å². The van der Waals surface area contributed by atoms with Gasteiger partial charge >= 0.3 is 5.97 Å². The number of hydrogen-bond acceptors (Lipinski definition) is 2. The maximum Gasteiger partial charge on any atom is 0.308 e. The van der Waals surface area contributed by atoms with Gasteiger partial charge in [-0.15, -0.1) is 0 Å². The van der Waals surface area contributed by atoms with E-state index in [0.29, 0.717) is 6.61 Å². The molecule has 0 radical (unpaired) electrons. The standard InChI is InChI=1S/C15H26O2/c1-6-14(5)15(16)17-11-10-13(4)9-7-8-12(2)3/h8,10,14H,6-7,9,11H2,1-5H3/b13-10-/t14-/m0/s1. The number of allylic oxidation sites excluding steroid dienone is 3. The van der Waals surface area contributed by atoms with Crippen molar-refractivity contribution in [3.8, 4) is 0 Å². The van der Waals surface area contributed by atoms with Crippen molar-refractivity contribution in [3.63, 3.8) is 0 Å². The summed E-state index contributed by atoms with van der Waals surface area (Å²) < 4.78 is 5.16. The minimum absolute atomic E-state index is 0.00869. The number of hydrogen-bond donors (Lipinski definition) is 0. The third-order valence-electron chi connectivity index (χ3n) is 2.76. The first-order valence-electron chi connectivity index (χ1n) is 6.43. The Hall–Kier alpha value is -1.05. The van der Waals surface area contributed by atoms with E-state index in [2.05, 4.69) is 26.8 Å². The van der Waals surface area contributed by atoms with E-state index in [1.54, 1.807) is 0 Å². The third-order valence-corrected chi connectivity index (χ3v) is 2.76. The molecule has 2 nitrogen and oxygen atoms in total. The van der Waals surface area contributed by atoms with Crippen LogP contribution in [0.1, 0.15) is 53.9 Å². The van der Waals surface area contributed by atoms with Crippen LogP contribution in [-0.2, 0) is 9.53 Å². The van der Waals surface area contributed by atoms with E-state index in [9.17, 15) is 4.79 Å². The molecule has 0 rings (SSSR count). The molecule has 0 aliphatic heterocycles. The molecule has 17 heavy (non-hydrogen) atoms. The summed E-state index contributed by atoms with van der Waals surface area (Å²) in [6.07, 6.45) is 7.15. The SMILES string of the molecule is CC[C@H](C)C(=O)OC/C=C(/C)CCC=C(C)C. The zero-order valence-electron chi connectivity index (χ0n) is 11.9. The number of carbonyl (C=O) groups excluding carboxylic acids is 1.